The monoisotopic (exact) mass is 948 g/mol. The van der Waals surface area contributed by atoms with E-state index in [1.165, 1.54) is 32.9 Å². The van der Waals surface area contributed by atoms with Crippen molar-refractivity contribution in [2.75, 3.05) is 6.61 Å². The van der Waals surface area contributed by atoms with Crippen LogP contribution in [0.25, 0.3) is 0 Å². The number of ketones is 1. The SMILES string of the molecule is CC(=O)O[C@H]1C(=O)[C@@]2(C)[C@H]([C@H](OC(=O)c3ccccc3)[C@@]3(O)CC1=C(C)[C@@H](OC(=O)[C@H](O)[C@H](C)NC(=O)c1ccccc1)C3)[C@]1(O)CO[C@@H]1C[C@@H]2O.[Ac]. The normalized spacial score (nSPS) is 34.2. The molecule has 0 unspecified atom stereocenters. The summed E-state index contributed by atoms with van der Waals surface area (Å²) in [6.07, 6.45) is -10.2. The molecule has 53 heavy (non-hydrogen) atoms. The minimum atomic E-state index is -2.21. The van der Waals surface area contributed by atoms with Gasteiger partial charge in [0.25, 0.3) is 5.91 Å². The van der Waals surface area contributed by atoms with Gasteiger partial charge in [0.15, 0.2) is 18.0 Å². The van der Waals surface area contributed by atoms with Gasteiger partial charge in [-0.15, -0.1) is 0 Å². The zero-order valence-electron chi connectivity index (χ0n) is 29.8. The predicted molar refractivity (Wildman–Crippen MR) is 179 cm³/mol. The van der Waals surface area contributed by atoms with E-state index in [1.807, 2.05) is 0 Å². The summed E-state index contributed by atoms with van der Waals surface area (Å²) in [6.45, 7) is 5.07. The Balaban J connectivity index is 0.00000541. The van der Waals surface area contributed by atoms with Crippen LogP contribution in [0.15, 0.2) is 71.8 Å². The van der Waals surface area contributed by atoms with Crippen molar-refractivity contribution in [3.05, 3.63) is 82.9 Å². The molecule has 2 saturated carbocycles. The number of Topliss-reactive ketones (excluding diaryl/α,β-unsaturated/α-hetero) is 1. The second kappa shape index (κ2) is 15.6. The Morgan fingerprint density at radius 1 is 0.962 bits per heavy atom. The minimum absolute atomic E-state index is 0. The molecule has 0 aromatic heterocycles. The zero-order valence-corrected chi connectivity index (χ0v) is 34.5. The molecular formula is C38H43AcNO13. The van der Waals surface area contributed by atoms with Crippen molar-refractivity contribution in [2.24, 2.45) is 11.3 Å². The third-order valence-electron chi connectivity index (χ3n) is 11.2. The van der Waals surface area contributed by atoms with Gasteiger partial charge in [0, 0.05) is 81.7 Å². The van der Waals surface area contributed by atoms with Crippen molar-refractivity contribution in [1.29, 1.82) is 0 Å². The number of rotatable bonds is 8. The van der Waals surface area contributed by atoms with E-state index in [0.717, 1.165) is 6.92 Å². The van der Waals surface area contributed by atoms with Gasteiger partial charge in [0.05, 0.1) is 35.8 Å². The van der Waals surface area contributed by atoms with E-state index in [9.17, 15) is 44.4 Å². The number of carbonyl (C=O) groups is 5. The number of fused-ring (bicyclic) bond motifs is 5. The molecule has 4 aliphatic rings. The summed E-state index contributed by atoms with van der Waals surface area (Å²) in [6, 6.07) is 14.9. The van der Waals surface area contributed by atoms with Crippen molar-refractivity contribution in [3.8, 4) is 0 Å². The molecule has 2 aromatic carbocycles. The summed E-state index contributed by atoms with van der Waals surface area (Å²) in [7, 11) is 0. The Bertz CT molecular complexity index is 1790. The van der Waals surface area contributed by atoms with Crippen molar-refractivity contribution in [2.45, 2.75) is 101 Å². The van der Waals surface area contributed by atoms with Gasteiger partial charge in [-0.2, -0.15) is 0 Å². The van der Waals surface area contributed by atoms with E-state index in [4.69, 9.17) is 18.9 Å². The summed E-state index contributed by atoms with van der Waals surface area (Å²) >= 11 is 0. The van der Waals surface area contributed by atoms with Crippen molar-refractivity contribution in [1.82, 2.24) is 5.32 Å². The number of carbonyl (C=O) groups excluding carboxylic acids is 5. The van der Waals surface area contributed by atoms with Gasteiger partial charge in [-0.3, -0.25) is 14.4 Å². The van der Waals surface area contributed by atoms with E-state index in [2.05, 4.69) is 5.32 Å². The fourth-order valence-corrected chi connectivity index (χ4v) is 8.22. The molecule has 2 bridgehead atoms. The Labute approximate surface area is 341 Å². The van der Waals surface area contributed by atoms with Crippen LogP contribution >= 0.6 is 0 Å². The smallest absolute Gasteiger partial charge is 0.338 e. The number of aliphatic hydroxyl groups is 4. The summed E-state index contributed by atoms with van der Waals surface area (Å²) in [5.41, 5.74) is -5.40. The quantitative estimate of drug-likeness (QED) is 0.143. The number of aliphatic hydroxyl groups excluding tert-OH is 2. The summed E-state index contributed by atoms with van der Waals surface area (Å²) < 4.78 is 23.1. The van der Waals surface area contributed by atoms with Crippen molar-refractivity contribution < 1.29 is 107 Å². The topological polar surface area (TPSA) is 215 Å². The third kappa shape index (κ3) is 7.38. The Morgan fingerprint density at radius 3 is 2.13 bits per heavy atom. The predicted octanol–water partition coefficient (Wildman–Crippen LogP) is 1.18. The van der Waals surface area contributed by atoms with Crippen LogP contribution in [0.3, 0.4) is 0 Å². The first-order valence-electron chi connectivity index (χ1n) is 17.2. The molecule has 1 amide bonds. The maximum Gasteiger partial charge on any atom is 0.338 e. The first kappa shape index (κ1) is 41.1. The molecule has 6 rings (SSSR count). The van der Waals surface area contributed by atoms with Crippen LogP contribution in [0.1, 0.15) is 67.7 Å². The summed E-state index contributed by atoms with van der Waals surface area (Å²) in [4.78, 5) is 67.2. The van der Waals surface area contributed by atoms with Gasteiger partial charge in [-0.1, -0.05) is 36.4 Å². The molecule has 5 N–H and O–H groups in total. The van der Waals surface area contributed by atoms with Crippen molar-refractivity contribution in [3.63, 3.8) is 0 Å². The molecule has 2 aromatic rings. The maximum absolute atomic E-state index is 14.8. The fourth-order valence-electron chi connectivity index (χ4n) is 8.22. The Morgan fingerprint density at radius 2 is 1.57 bits per heavy atom. The van der Waals surface area contributed by atoms with Crippen LogP contribution in [0.2, 0.25) is 0 Å². The van der Waals surface area contributed by atoms with E-state index < -0.39 is 108 Å². The Kier molecular flexibility index (Phi) is 12.1. The number of esters is 3. The first-order chi connectivity index (χ1) is 24.5. The molecule has 11 atom stereocenters. The number of hydrogen-bond donors (Lipinski definition) is 5. The third-order valence-corrected chi connectivity index (χ3v) is 11.2. The van der Waals surface area contributed by atoms with Gasteiger partial charge in [-0.25, -0.2) is 9.59 Å². The van der Waals surface area contributed by atoms with Crippen molar-refractivity contribution >= 4 is 29.6 Å². The molecule has 3 aliphatic carbocycles. The fraction of sp³-hybridized carbons (Fsp3) is 0.500. The van der Waals surface area contributed by atoms with E-state index >= 15 is 0 Å². The average molecular weight is 949 g/mol. The van der Waals surface area contributed by atoms with Gasteiger partial charge < -0.3 is 44.7 Å². The number of amides is 1. The molecule has 14 nitrogen and oxygen atoms in total. The molecule has 1 aliphatic heterocycles. The van der Waals surface area contributed by atoms with E-state index in [1.54, 1.807) is 48.5 Å². The van der Waals surface area contributed by atoms with Crippen LogP contribution < -0.4 is 5.32 Å². The average Bonchev–Trinajstić information content (AvgIpc) is 3.12. The second-order valence-electron chi connectivity index (χ2n) is 14.5. The van der Waals surface area contributed by atoms with E-state index in [0.29, 0.717) is 5.56 Å². The standard InChI is InChI=1S/C38H43NO13.Ac/c1-19-24-16-37(47,17-25(19)51-35(46)28(42)20(2)39-33(44)22-11-7-5-8-12-22)32(52-34(45)23-13-9-6-10-14-23)30-36(4,31(43)29(24)50-21(3)40)26(41)15-27-38(30,48)18-49-27;/h5-14,20,25-30,32,41-42,47-48H,15-18H2,1-4H3,(H,39,44);/t20-,25-,26-,27+,28+,29+,30-,32-,36+,37+,38-;/m0./s1. The van der Waals surface area contributed by atoms with Crippen LogP contribution in [-0.4, -0.2) is 110 Å². The molecular weight excluding hydrogens is 905 g/mol. The number of benzene rings is 2. The van der Waals surface area contributed by atoms with Gasteiger partial charge in [0.2, 0.25) is 0 Å². The number of hydrogen-bond acceptors (Lipinski definition) is 13. The molecule has 15 heteroatoms. The van der Waals surface area contributed by atoms with Crippen LogP contribution in [-0.2, 0) is 33.3 Å². The maximum atomic E-state index is 14.8. The zero-order chi connectivity index (χ0) is 37.7. The summed E-state index contributed by atoms with van der Waals surface area (Å²) in [5, 5.41) is 50.1. The molecule has 281 valence electrons. The molecule has 1 saturated heterocycles. The van der Waals surface area contributed by atoms with Gasteiger partial charge in [-0.05, 0) is 56.2 Å². The number of nitrogens with one attached hydrogen (secondary N) is 1. The van der Waals surface area contributed by atoms with Gasteiger partial charge in [0.1, 0.15) is 23.4 Å². The van der Waals surface area contributed by atoms with Gasteiger partial charge >= 0.3 is 17.9 Å². The largest absolute Gasteiger partial charge is 0.456 e. The molecule has 1 radical (unpaired) electrons. The van der Waals surface area contributed by atoms with Crippen LogP contribution in [0.5, 0.6) is 0 Å². The molecule has 1 heterocycles. The Hall–Kier alpha value is -3.03. The molecule has 0 spiro atoms. The first-order valence-corrected chi connectivity index (χ1v) is 17.2. The molecule has 3 fully saturated rings. The van der Waals surface area contributed by atoms with Crippen LogP contribution in [0.4, 0.5) is 0 Å². The minimum Gasteiger partial charge on any atom is -0.456 e. The number of ether oxygens (including phenoxy) is 4. The van der Waals surface area contributed by atoms with Crippen LogP contribution in [0, 0.1) is 55.4 Å². The van der Waals surface area contributed by atoms with E-state index in [-0.39, 0.29) is 73.8 Å². The summed E-state index contributed by atoms with van der Waals surface area (Å²) in [5.74, 6) is -5.80. The second-order valence-corrected chi connectivity index (χ2v) is 14.5.